The monoisotopic (exact) mass is 500 g/mol. The molecule has 0 heterocycles. The topological polar surface area (TPSA) is 35.5 Å². The number of hydrogen-bond donors (Lipinski definition) is 0. The van der Waals surface area contributed by atoms with Crippen LogP contribution in [0.15, 0.2) is 42.5 Å². The zero-order chi connectivity index (χ0) is 25.7. The van der Waals surface area contributed by atoms with Crippen molar-refractivity contribution in [1.82, 2.24) is 0 Å². The highest BCUT2D eigenvalue weighted by molar-refractivity contribution is 5.90. The van der Waals surface area contributed by atoms with Crippen molar-refractivity contribution in [3.8, 4) is 5.75 Å². The van der Waals surface area contributed by atoms with E-state index < -0.39 is 23.4 Å². The first-order valence-corrected chi connectivity index (χ1v) is 13.1. The Kier molecular flexibility index (Phi) is 8.76. The molecule has 0 aliphatic heterocycles. The van der Waals surface area contributed by atoms with Crippen molar-refractivity contribution < 1.29 is 27.4 Å². The van der Waals surface area contributed by atoms with E-state index >= 15 is 8.78 Å². The summed E-state index contributed by atoms with van der Waals surface area (Å²) in [5.41, 5.74) is 0.764. The maximum Gasteiger partial charge on any atom is 0.341 e. The van der Waals surface area contributed by atoms with Gasteiger partial charge in [0.1, 0.15) is 17.7 Å². The van der Waals surface area contributed by atoms with Gasteiger partial charge in [-0.3, -0.25) is 0 Å². The Bertz CT molecular complexity index is 1080. The van der Waals surface area contributed by atoms with Crippen LogP contribution in [0, 0.1) is 23.4 Å². The van der Waals surface area contributed by atoms with Crippen LogP contribution in [-0.4, -0.2) is 18.7 Å². The number of benzene rings is 2. The molecule has 2 aliphatic rings. The van der Waals surface area contributed by atoms with Crippen LogP contribution in [0.3, 0.4) is 0 Å². The molecule has 2 aromatic carbocycles. The quantitative estimate of drug-likeness (QED) is 0.284. The van der Waals surface area contributed by atoms with Crippen molar-refractivity contribution >= 4 is 5.97 Å². The molecule has 0 spiro atoms. The molecule has 2 aromatic rings. The fourth-order valence-electron chi connectivity index (χ4n) is 5.73. The smallest absolute Gasteiger partial charge is 0.341 e. The average Bonchev–Trinajstić information content (AvgIpc) is 2.87. The molecule has 2 aliphatic carbocycles. The standard InChI is InChI=1S/C30H35F3O3/c1-3-5-19-6-8-20(9-7-19)24-16-17-25(29(33)28(24)32)21-10-12-22(13-11-21)36-30(34)26-15-14-23(35-4-2)18-27(26)31/h3,5,14-22H,4,6-13H2,1-2H3. The van der Waals surface area contributed by atoms with Gasteiger partial charge in [-0.15, -0.1) is 0 Å². The summed E-state index contributed by atoms with van der Waals surface area (Å²) in [4.78, 5) is 12.5. The molecule has 0 atom stereocenters. The number of allylic oxidation sites excluding steroid dienone is 2. The number of rotatable bonds is 7. The molecular weight excluding hydrogens is 465 g/mol. The largest absolute Gasteiger partial charge is 0.494 e. The summed E-state index contributed by atoms with van der Waals surface area (Å²) < 4.78 is 55.3. The van der Waals surface area contributed by atoms with Gasteiger partial charge in [0, 0.05) is 6.07 Å². The van der Waals surface area contributed by atoms with Gasteiger partial charge in [-0.25, -0.2) is 18.0 Å². The molecule has 0 aromatic heterocycles. The number of esters is 1. The summed E-state index contributed by atoms with van der Waals surface area (Å²) in [7, 11) is 0. The molecule has 0 amide bonds. The van der Waals surface area contributed by atoms with E-state index in [-0.39, 0.29) is 23.5 Å². The summed E-state index contributed by atoms with van der Waals surface area (Å²) >= 11 is 0. The summed E-state index contributed by atoms with van der Waals surface area (Å²) in [6.45, 7) is 4.21. The van der Waals surface area contributed by atoms with Gasteiger partial charge < -0.3 is 9.47 Å². The van der Waals surface area contributed by atoms with Gasteiger partial charge in [-0.05, 0) is 106 Å². The van der Waals surface area contributed by atoms with E-state index in [9.17, 15) is 9.18 Å². The van der Waals surface area contributed by atoms with Crippen molar-refractivity contribution in [1.29, 1.82) is 0 Å². The van der Waals surface area contributed by atoms with E-state index in [1.54, 1.807) is 19.1 Å². The maximum absolute atomic E-state index is 15.1. The van der Waals surface area contributed by atoms with E-state index in [4.69, 9.17) is 9.47 Å². The lowest BCUT2D eigenvalue weighted by molar-refractivity contribution is 0.0189. The maximum atomic E-state index is 15.1. The van der Waals surface area contributed by atoms with Crippen LogP contribution in [0.1, 0.15) is 98.5 Å². The second kappa shape index (κ2) is 12.0. The highest BCUT2D eigenvalue weighted by Crippen LogP contribution is 2.41. The van der Waals surface area contributed by atoms with Gasteiger partial charge in [-0.2, -0.15) is 0 Å². The SMILES string of the molecule is CC=CC1CCC(c2ccc(C3CCC(OC(=O)c4ccc(OCC)cc4F)CC3)c(F)c2F)CC1. The van der Waals surface area contributed by atoms with E-state index in [1.165, 1.54) is 18.2 Å². The van der Waals surface area contributed by atoms with E-state index in [0.29, 0.717) is 55.1 Å². The second-order valence-corrected chi connectivity index (χ2v) is 9.96. The van der Waals surface area contributed by atoms with Crippen LogP contribution in [0.5, 0.6) is 5.75 Å². The Balaban J connectivity index is 1.34. The molecule has 36 heavy (non-hydrogen) atoms. The lowest BCUT2D eigenvalue weighted by Crippen LogP contribution is -2.25. The Morgan fingerprint density at radius 2 is 1.47 bits per heavy atom. The second-order valence-electron chi connectivity index (χ2n) is 9.96. The van der Waals surface area contributed by atoms with Crippen molar-refractivity contribution in [3.05, 3.63) is 76.6 Å². The number of ether oxygens (including phenoxy) is 2. The first-order chi connectivity index (χ1) is 17.4. The van der Waals surface area contributed by atoms with Gasteiger partial charge in [0.05, 0.1) is 12.2 Å². The summed E-state index contributed by atoms with van der Waals surface area (Å²) in [6.07, 6.45) is 9.84. The molecule has 2 fully saturated rings. The zero-order valence-electron chi connectivity index (χ0n) is 21.1. The predicted octanol–water partition coefficient (Wildman–Crippen LogP) is 8.24. The van der Waals surface area contributed by atoms with Crippen LogP contribution in [0.2, 0.25) is 0 Å². The highest BCUT2D eigenvalue weighted by atomic mass is 19.2. The summed E-state index contributed by atoms with van der Waals surface area (Å²) in [5.74, 6) is -2.02. The zero-order valence-corrected chi connectivity index (χ0v) is 21.1. The van der Waals surface area contributed by atoms with Crippen molar-refractivity contribution in [2.45, 2.75) is 83.2 Å². The average molecular weight is 501 g/mol. The fraction of sp³-hybridized carbons (Fsp3) is 0.500. The van der Waals surface area contributed by atoms with Gasteiger partial charge in [-0.1, -0.05) is 24.3 Å². The molecule has 3 nitrogen and oxygen atoms in total. The van der Waals surface area contributed by atoms with Crippen LogP contribution >= 0.6 is 0 Å². The van der Waals surface area contributed by atoms with Gasteiger partial charge in [0.15, 0.2) is 11.6 Å². The van der Waals surface area contributed by atoms with Crippen molar-refractivity contribution in [3.63, 3.8) is 0 Å². The number of carbonyl (C=O) groups is 1. The molecule has 0 bridgehead atoms. The summed E-state index contributed by atoms with van der Waals surface area (Å²) in [6, 6.07) is 7.59. The molecular formula is C30H35F3O3. The number of hydrogen-bond acceptors (Lipinski definition) is 3. The summed E-state index contributed by atoms with van der Waals surface area (Å²) in [5, 5.41) is 0. The first kappa shape index (κ1) is 26.3. The van der Waals surface area contributed by atoms with E-state index in [1.807, 2.05) is 6.92 Å². The number of carbonyl (C=O) groups excluding carboxylic acids is 1. The Hall–Kier alpha value is -2.76. The van der Waals surface area contributed by atoms with Gasteiger partial charge in [0.2, 0.25) is 0 Å². The van der Waals surface area contributed by atoms with Crippen LogP contribution in [0.4, 0.5) is 13.2 Å². The van der Waals surface area contributed by atoms with Crippen molar-refractivity contribution in [2.24, 2.45) is 5.92 Å². The predicted molar refractivity (Wildman–Crippen MR) is 134 cm³/mol. The third-order valence-electron chi connectivity index (χ3n) is 7.68. The molecule has 0 saturated heterocycles. The van der Waals surface area contributed by atoms with Gasteiger partial charge >= 0.3 is 5.97 Å². The Morgan fingerprint density at radius 3 is 2.00 bits per heavy atom. The molecule has 6 heteroatoms. The minimum absolute atomic E-state index is 0.0631. The molecule has 194 valence electrons. The third kappa shape index (κ3) is 5.96. The van der Waals surface area contributed by atoms with E-state index in [2.05, 4.69) is 12.2 Å². The Labute approximate surface area is 211 Å². The van der Waals surface area contributed by atoms with Crippen molar-refractivity contribution in [2.75, 3.05) is 6.61 Å². The minimum Gasteiger partial charge on any atom is -0.494 e. The Morgan fingerprint density at radius 1 is 0.889 bits per heavy atom. The molecule has 0 unspecified atom stereocenters. The number of halogens is 3. The molecule has 4 rings (SSSR count). The lowest BCUT2D eigenvalue weighted by atomic mass is 9.77. The fourth-order valence-corrected chi connectivity index (χ4v) is 5.73. The lowest BCUT2D eigenvalue weighted by Gasteiger charge is -2.30. The van der Waals surface area contributed by atoms with Gasteiger partial charge in [0.25, 0.3) is 0 Å². The normalized spacial score (nSPS) is 24.6. The first-order valence-electron chi connectivity index (χ1n) is 13.1. The van der Waals surface area contributed by atoms with Crippen LogP contribution < -0.4 is 4.74 Å². The molecule has 2 saturated carbocycles. The van der Waals surface area contributed by atoms with Crippen LogP contribution in [-0.2, 0) is 4.74 Å². The minimum atomic E-state index is -0.736. The van der Waals surface area contributed by atoms with Crippen LogP contribution in [0.25, 0.3) is 0 Å². The highest BCUT2D eigenvalue weighted by Gasteiger charge is 2.31. The molecule has 0 N–H and O–H groups in total. The van der Waals surface area contributed by atoms with E-state index in [0.717, 1.165) is 25.7 Å². The third-order valence-corrected chi connectivity index (χ3v) is 7.68. The molecule has 0 radical (unpaired) electrons.